The van der Waals surface area contributed by atoms with E-state index < -0.39 is 0 Å². The monoisotopic (exact) mass is 259 g/mol. The van der Waals surface area contributed by atoms with Gasteiger partial charge in [-0.05, 0) is 28.8 Å². The molecule has 1 aromatic heterocycles. The predicted molar refractivity (Wildman–Crippen MR) is 55.2 cm³/mol. The minimum absolute atomic E-state index is 0.206. The number of aromatic nitrogens is 2. The fraction of sp³-hybridized carbons (Fsp3) is 0.500. The summed E-state index contributed by atoms with van der Waals surface area (Å²) in [7, 11) is 0. The van der Waals surface area contributed by atoms with E-state index in [1.165, 1.54) is 6.33 Å². The first kappa shape index (κ1) is 9.67. The Bertz CT molecular complexity index is 386. The van der Waals surface area contributed by atoms with Crippen LogP contribution in [0.5, 0.6) is 0 Å². The molecule has 0 bridgehead atoms. The summed E-state index contributed by atoms with van der Waals surface area (Å²) in [6.07, 6.45) is 2.56. The molecule has 1 aliphatic carbocycles. The van der Waals surface area contributed by atoms with Crippen molar-refractivity contribution < 1.29 is 5.11 Å². The third-order valence-corrected chi connectivity index (χ3v) is 2.99. The van der Waals surface area contributed by atoms with Crippen LogP contribution in [0.1, 0.15) is 12.8 Å². The van der Waals surface area contributed by atoms with Crippen LogP contribution in [0.25, 0.3) is 0 Å². The molecule has 76 valence electrons. The van der Waals surface area contributed by atoms with E-state index in [1.807, 2.05) is 0 Å². The molecule has 0 spiro atoms. The molecule has 5 nitrogen and oxygen atoms in total. The maximum atomic E-state index is 11.2. The van der Waals surface area contributed by atoms with Crippen LogP contribution in [-0.4, -0.2) is 27.2 Å². The van der Waals surface area contributed by atoms with Crippen molar-refractivity contribution in [1.29, 1.82) is 0 Å². The van der Waals surface area contributed by atoms with Gasteiger partial charge in [-0.25, -0.2) is 4.98 Å². The van der Waals surface area contributed by atoms with Crippen LogP contribution in [0, 0.1) is 0 Å². The van der Waals surface area contributed by atoms with E-state index in [0.29, 0.717) is 23.1 Å². The molecule has 1 aliphatic rings. The lowest BCUT2D eigenvalue weighted by Gasteiger charge is -2.32. The van der Waals surface area contributed by atoms with Crippen LogP contribution < -0.4 is 10.9 Å². The van der Waals surface area contributed by atoms with E-state index in [9.17, 15) is 4.79 Å². The van der Waals surface area contributed by atoms with Crippen molar-refractivity contribution in [2.24, 2.45) is 0 Å². The van der Waals surface area contributed by atoms with Gasteiger partial charge in [-0.15, -0.1) is 0 Å². The van der Waals surface area contributed by atoms with E-state index in [1.54, 1.807) is 0 Å². The molecule has 0 saturated heterocycles. The van der Waals surface area contributed by atoms with Crippen molar-refractivity contribution >= 4 is 21.7 Å². The highest BCUT2D eigenvalue weighted by molar-refractivity contribution is 9.10. The van der Waals surface area contributed by atoms with Crippen LogP contribution in [0.2, 0.25) is 0 Å². The van der Waals surface area contributed by atoms with Gasteiger partial charge < -0.3 is 15.4 Å². The van der Waals surface area contributed by atoms with Gasteiger partial charge in [-0.3, -0.25) is 4.79 Å². The standard InChI is InChI=1S/C8H10BrN3O2/c9-6-7(10-3-11-8(6)14)12-4-1-5(13)2-4/h3-5,13H,1-2H2,(H2,10,11,12,14). The number of H-pyrrole nitrogens is 1. The van der Waals surface area contributed by atoms with Gasteiger partial charge in [-0.1, -0.05) is 0 Å². The number of nitrogens with one attached hydrogen (secondary N) is 2. The largest absolute Gasteiger partial charge is 0.393 e. The number of nitrogens with zero attached hydrogens (tertiary/aromatic N) is 1. The highest BCUT2D eigenvalue weighted by Crippen LogP contribution is 2.24. The molecule has 3 N–H and O–H groups in total. The number of hydrogen-bond acceptors (Lipinski definition) is 4. The summed E-state index contributed by atoms with van der Waals surface area (Å²) in [4.78, 5) is 17.6. The molecule has 0 radical (unpaired) electrons. The number of aromatic amines is 1. The molecule has 0 unspecified atom stereocenters. The molecule has 0 atom stereocenters. The highest BCUT2D eigenvalue weighted by atomic mass is 79.9. The number of aliphatic hydroxyl groups excluding tert-OH is 1. The van der Waals surface area contributed by atoms with Crippen molar-refractivity contribution in [2.45, 2.75) is 25.0 Å². The lowest BCUT2D eigenvalue weighted by molar-refractivity contribution is 0.0835. The molecular weight excluding hydrogens is 250 g/mol. The molecule has 1 fully saturated rings. The van der Waals surface area contributed by atoms with Gasteiger partial charge in [0, 0.05) is 6.04 Å². The molecule has 2 rings (SSSR count). The lowest BCUT2D eigenvalue weighted by atomic mass is 9.89. The summed E-state index contributed by atoms with van der Waals surface area (Å²) in [5, 5.41) is 12.2. The second-order valence-corrected chi connectivity index (χ2v) is 4.15. The molecule has 14 heavy (non-hydrogen) atoms. The van der Waals surface area contributed by atoms with Gasteiger partial charge in [-0.2, -0.15) is 0 Å². The summed E-state index contributed by atoms with van der Waals surface area (Å²) in [5.74, 6) is 0.533. The molecule has 0 aromatic carbocycles. The second kappa shape index (κ2) is 3.70. The first-order valence-electron chi connectivity index (χ1n) is 4.34. The Kier molecular flexibility index (Phi) is 2.56. The summed E-state index contributed by atoms with van der Waals surface area (Å²) < 4.78 is 0.404. The quantitative estimate of drug-likeness (QED) is 0.722. The topological polar surface area (TPSA) is 78.0 Å². The maximum absolute atomic E-state index is 11.2. The average Bonchev–Trinajstić information content (AvgIpc) is 2.10. The predicted octanol–water partition coefficient (Wildman–Crippen LogP) is 0.468. The summed E-state index contributed by atoms with van der Waals surface area (Å²) in [6, 6.07) is 0.218. The molecule has 1 aromatic rings. The second-order valence-electron chi connectivity index (χ2n) is 3.36. The van der Waals surface area contributed by atoms with E-state index in [4.69, 9.17) is 5.11 Å². The van der Waals surface area contributed by atoms with Crippen molar-refractivity contribution in [3.63, 3.8) is 0 Å². The Hall–Kier alpha value is -0.880. The summed E-state index contributed by atoms with van der Waals surface area (Å²) >= 11 is 3.15. The van der Waals surface area contributed by atoms with Crippen LogP contribution in [-0.2, 0) is 0 Å². The number of halogens is 1. The lowest BCUT2D eigenvalue weighted by Crippen LogP contribution is -2.39. The Labute approximate surface area is 88.7 Å². The van der Waals surface area contributed by atoms with Gasteiger partial charge in [0.15, 0.2) is 0 Å². The molecule has 0 aliphatic heterocycles. The average molecular weight is 260 g/mol. The van der Waals surface area contributed by atoms with Crippen molar-refractivity contribution in [2.75, 3.05) is 5.32 Å². The molecule has 0 amide bonds. The summed E-state index contributed by atoms with van der Waals surface area (Å²) in [5.41, 5.74) is -0.206. The first-order valence-corrected chi connectivity index (χ1v) is 5.14. The van der Waals surface area contributed by atoms with E-state index in [-0.39, 0.29) is 17.7 Å². The Balaban J connectivity index is 2.10. The van der Waals surface area contributed by atoms with Gasteiger partial charge in [0.1, 0.15) is 10.3 Å². The van der Waals surface area contributed by atoms with Gasteiger partial charge >= 0.3 is 0 Å². The SMILES string of the molecule is O=c1[nH]cnc(NC2CC(O)C2)c1Br. The Morgan fingerprint density at radius 2 is 2.36 bits per heavy atom. The minimum Gasteiger partial charge on any atom is -0.393 e. The molecular formula is C8H10BrN3O2. The van der Waals surface area contributed by atoms with Crippen molar-refractivity contribution in [3.8, 4) is 0 Å². The molecule has 1 heterocycles. The number of hydrogen-bond donors (Lipinski definition) is 3. The zero-order chi connectivity index (χ0) is 10.1. The molecule has 1 saturated carbocycles. The fourth-order valence-electron chi connectivity index (χ4n) is 1.38. The number of rotatable bonds is 2. The third kappa shape index (κ3) is 1.80. The van der Waals surface area contributed by atoms with Crippen LogP contribution >= 0.6 is 15.9 Å². The van der Waals surface area contributed by atoms with Gasteiger partial charge in [0.2, 0.25) is 0 Å². The Morgan fingerprint density at radius 1 is 1.64 bits per heavy atom. The normalized spacial score (nSPS) is 25.6. The third-order valence-electron chi connectivity index (χ3n) is 2.25. The van der Waals surface area contributed by atoms with Crippen LogP contribution in [0.3, 0.4) is 0 Å². The van der Waals surface area contributed by atoms with E-state index in [0.717, 1.165) is 0 Å². The molecule has 6 heteroatoms. The van der Waals surface area contributed by atoms with E-state index >= 15 is 0 Å². The zero-order valence-corrected chi connectivity index (χ0v) is 8.91. The smallest absolute Gasteiger partial charge is 0.267 e. The van der Waals surface area contributed by atoms with E-state index in [2.05, 4.69) is 31.2 Å². The van der Waals surface area contributed by atoms with Crippen LogP contribution in [0.4, 0.5) is 5.82 Å². The minimum atomic E-state index is -0.215. The number of aliphatic hydroxyl groups is 1. The Morgan fingerprint density at radius 3 is 3.00 bits per heavy atom. The fourth-order valence-corrected chi connectivity index (χ4v) is 1.71. The van der Waals surface area contributed by atoms with Gasteiger partial charge in [0.05, 0.1) is 12.4 Å². The maximum Gasteiger partial charge on any atom is 0.267 e. The van der Waals surface area contributed by atoms with Crippen molar-refractivity contribution in [3.05, 3.63) is 21.2 Å². The highest BCUT2D eigenvalue weighted by Gasteiger charge is 2.27. The first-order chi connectivity index (χ1) is 6.66. The zero-order valence-electron chi connectivity index (χ0n) is 7.33. The van der Waals surface area contributed by atoms with Crippen LogP contribution in [0.15, 0.2) is 15.6 Å². The van der Waals surface area contributed by atoms with Crippen molar-refractivity contribution in [1.82, 2.24) is 9.97 Å². The summed E-state index contributed by atoms with van der Waals surface area (Å²) in [6.45, 7) is 0. The van der Waals surface area contributed by atoms with Gasteiger partial charge in [0.25, 0.3) is 5.56 Å². The number of anilines is 1.